The summed E-state index contributed by atoms with van der Waals surface area (Å²) in [6.45, 7) is 0.698. The van der Waals surface area contributed by atoms with Crippen molar-refractivity contribution in [3.05, 3.63) is 5.82 Å². The molecular weight excluding hydrogens is 198 g/mol. The summed E-state index contributed by atoms with van der Waals surface area (Å²) in [7, 11) is 3.79. The maximum atomic E-state index is 4.99. The molecule has 1 saturated carbocycles. The molecule has 1 fully saturated rings. The molecule has 0 bridgehead atoms. The Balaban J connectivity index is 1.94. The average Bonchev–Trinajstić information content (AvgIpc) is 2.94. The number of anilines is 1. The Kier molecular flexibility index (Phi) is 2.98. The van der Waals surface area contributed by atoms with E-state index in [4.69, 9.17) is 4.74 Å². The van der Waals surface area contributed by atoms with Gasteiger partial charge in [0.1, 0.15) is 5.82 Å². The van der Waals surface area contributed by atoms with Crippen LogP contribution >= 0.6 is 11.5 Å². The van der Waals surface area contributed by atoms with E-state index in [0.717, 1.165) is 17.4 Å². The molecule has 5 heteroatoms. The summed E-state index contributed by atoms with van der Waals surface area (Å²) < 4.78 is 9.28. The summed E-state index contributed by atoms with van der Waals surface area (Å²) in [6, 6.07) is 0.707. The average molecular weight is 213 g/mol. The first kappa shape index (κ1) is 9.86. The quantitative estimate of drug-likeness (QED) is 0.739. The van der Waals surface area contributed by atoms with Gasteiger partial charge in [0.25, 0.3) is 0 Å². The monoisotopic (exact) mass is 213 g/mol. The van der Waals surface area contributed by atoms with Crippen LogP contribution in [-0.4, -0.2) is 36.2 Å². The molecule has 0 radical (unpaired) electrons. The Bertz CT molecular complexity index is 298. The van der Waals surface area contributed by atoms with Gasteiger partial charge in [-0.05, 0) is 12.8 Å². The second-order valence-corrected chi connectivity index (χ2v) is 4.31. The van der Waals surface area contributed by atoms with Crippen LogP contribution in [0.5, 0.6) is 0 Å². The fraction of sp³-hybridized carbons (Fsp3) is 0.778. The molecule has 1 aromatic rings. The summed E-state index contributed by atoms with van der Waals surface area (Å²) in [5.74, 6) is 0.902. The summed E-state index contributed by atoms with van der Waals surface area (Å²) in [6.07, 6.45) is 3.40. The lowest BCUT2D eigenvalue weighted by Gasteiger charge is -2.12. The lowest BCUT2D eigenvalue weighted by Crippen LogP contribution is -2.19. The molecule has 0 amide bonds. The fourth-order valence-electron chi connectivity index (χ4n) is 1.30. The molecule has 78 valence electrons. The first-order chi connectivity index (χ1) is 6.81. The topological polar surface area (TPSA) is 38.2 Å². The Labute approximate surface area is 88.1 Å². The van der Waals surface area contributed by atoms with E-state index in [1.54, 1.807) is 7.11 Å². The normalized spacial score (nSPS) is 15.9. The van der Waals surface area contributed by atoms with E-state index >= 15 is 0 Å². The summed E-state index contributed by atoms with van der Waals surface area (Å²) in [4.78, 5) is 6.69. The van der Waals surface area contributed by atoms with Gasteiger partial charge in [-0.25, -0.2) is 4.98 Å². The van der Waals surface area contributed by atoms with Gasteiger partial charge in [-0.2, -0.15) is 4.37 Å². The second kappa shape index (κ2) is 4.23. The van der Waals surface area contributed by atoms with E-state index in [2.05, 4.69) is 21.3 Å². The van der Waals surface area contributed by atoms with Crippen molar-refractivity contribution in [1.29, 1.82) is 0 Å². The largest absolute Gasteiger partial charge is 0.384 e. The van der Waals surface area contributed by atoms with Gasteiger partial charge in [0.05, 0.1) is 6.61 Å². The first-order valence-corrected chi connectivity index (χ1v) is 5.63. The molecule has 0 N–H and O–H groups in total. The Morgan fingerprint density at radius 1 is 1.57 bits per heavy atom. The number of methoxy groups -OCH3 is 1. The van der Waals surface area contributed by atoms with Crippen LogP contribution < -0.4 is 4.90 Å². The van der Waals surface area contributed by atoms with Crippen LogP contribution in [0.25, 0.3) is 0 Å². The molecule has 1 aliphatic carbocycles. The maximum absolute atomic E-state index is 4.99. The molecule has 1 heterocycles. The zero-order valence-corrected chi connectivity index (χ0v) is 9.38. The predicted molar refractivity (Wildman–Crippen MR) is 56.9 cm³/mol. The smallest absolute Gasteiger partial charge is 0.205 e. The third-order valence-corrected chi connectivity index (χ3v) is 3.23. The van der Waals surface area contributed by atoms with Crippen LogP contribution in [0.4, 0.5) is 5.13 Å². The van der Waals surface area contributed by atoms with Gasteiger partial charge in [-0.1, -0.05) is 0 Å². The van der Waals surface area contributed by atoms with Crippen LogP contribution in [-0.2, 0) is 11.2 Å². The van der Waals surface area contributed by atoms with Crippen LogP contribution in [0.15, 0.2) is 0 Å². The second-order valence-electron chi connectivity index (χ2n) is 3.58. The highest BCUT2D eigenvalue weighted by atomic mass is 32.1. The fourth-order valence-corrected chi connectivity index (χ4v) is 2.04. The van der Waals surface area contributed by atoms with Crippen molar-refractivity contribution in [2.24, 2.45) is 0 Å². The van der Waals surface area contributed by atoms with E-state index in [1.807, 2.05) is 0 Å². The van der Waals surface area contributed by atoms with Crippen LogP contribution in [0.2, 0.25) is 0 Å². The van der Waals surface area contributed by atoms with Gasteiger partial charge in [0.2, 0.25) is 5.13 Å². The van der Waals surface area contributed by atoms with Crippen molar-refractivity contribution in [2.75, 3.05) is 25.7 Å². The van der Waals surface area contributed by atoms with E-state index in [1.165, 1.54) is 24.4 Å². The number of aromatic nitrogens is 2. The SMILES string of the molecule is COCCc1nsc(N(C)C2CC2)n1. The van der Waals surface area contributed by atoms with Crippen LogP contribution in [0, 0.1) is 0 Å². The highest BCUT2D eigenvalue weighted by Gasteiger charge is 2.28. The molecule has 0 aliphatic heterocycles. The molecule has 2 rings (SSSR count). The highest BCUT2D eigenvalue weighted by molar-refractivity contribution is 7.09. The lowest BCUT2D eigenvalue weighted by atomic mass is 10.4. The van der Waals surface area contributed by atoms with Gasteiger partial charge in [-0.3, -0.25) is 0 Å². The van der Waals surface area contributed by atoms with Gasteiger partial charge in [0.15, 0.2) is 0 Å². The molecule has 0 saturated heterocycles. The minimum atomic E-state index is 0.698. The molecular formula is C9H15N3OS. The van der Waals surface area contributed by atoms with Crippen molar-refractivity contribution in [3.8, 4) is 0 Å². The van der Waals surface area contributed by atoms with Crippen molar-refractivity contribution >= 4 is 16.7 Å². The van der Waals surface area contributed by atoms with Gasteiger partial charge in [-0.15, -0.1) is 0 Å². The molecule has 0 aromatic carbocycles. The van der Waals surface area contributed by atoms with Crippen LogP contribution in [0.3, 0.4) is 0 Å². The Morgan fingerprint density at radius 2 is 2.36 bits per heavy atom. The number of ether oxygens (including phenoxy) is 1. The number of hydrogen-bond donors (Lipinski definition) is 0. The molecule has 0 atom stereocenters. The first-order valence-electron chi connectivity index (χ1n) is 4.85. The number of hydrogen-bond acceptors (Lipinski definition) is 5. The minimum absolute atomic E-state index is 0.698. The molecule has 0 unspecified atom stereocenters. The van der Waals surface area contributed by atoms with Gasteiger partial charge >= 0.3 is 0 Å². The third-order valence-electron chi connectivity index (χ3n) is 2.38. The summed E-state index contributed by atoms with van der Waals surface area (Å²) in [5.41, 5.74) is 0. The lowest BCUT2D eigenvalue weighted by molar-refractivity contribution is 0.201. The minimum Gasteiger partial charge on any atom is -0.384 e. The van der Waals surface area contributed by atoms with Crippen molar-refractivity contribution in [2.45, 2.75) is 25.3 Å². The number of nitrogens with zero attached hydrogens (tertiary/aromatic N) is 3. The molecule has 1 aromatic heterocycles. The summed E-state index contributed by atoms with van der Waals surface area (Å²) in [5, 5.41) is 1.04. The van der Waals surface area contributed by atoms with Crippen molar-refractivity contribution in [3.63, 3.8) is 0 Å². The van der Waals surface area contributed by atoms with E-state index in [9.17, 15) is 0 Å². The van der Waals surface area contributed by atoms with Crippen molar-refractivity contribution < 1.29 is 4.74 Å². The molecule has 4 nitrogen and oxygen atoms in total. The number of rotatable bonds is 5. The highest BCUT2D eigenvalue weighted by Crippen LogP contribution is 2.30. The van der Waals surface area contributed by atoms with E-state index in [0.29, 0.717) is 12.6 Å². The van der Waals surface area contributed by atoms with Crippen LogP contribution in [0.1, 0.15) is 18.7 Å². The van der Waals surface area contributed by atoms with Crippen molar-refractivity contribution in [1.82, 2.24) is 9.36 Å². The van der Waals surface area contributed by atoms with E-state index in [-0.39, 0.29) is 0 Å². The van der Waals surface area contributed by atoms with Gasteiger partial charge in [0, 0.05) is 38.2 Å². The maximum Gasteiger partial charge on any atom is 0.205 e. The van der Waals surface area contributed by atoms with Gasteiger partial charge < -0.3 is 9.64 Å². The molecule has 14 heavy (non-hydrogen) atoms. The standard InChI is InChI=1S/C9H15N3OS/c1-12(7-3-4-7)9-10-8(11-14-9)5-6-13-2/h7H,3-6H2,1-2H3. The Hall–Kier alpha value is -0.680. The Morgan fingerprint density at radius 3 is 3.00 bits per heavy atom. The zero-order chi connectivity index (χ0) is 9.97. The summed E-state index contributed by atoms with van der Waals surface area (Å²) >= 11 is 1.49. The zero-order valence-electron chi connectivity index (χ0n) is 8.56. The predicted octanol–water partition coefficient (Wildman–Crippen LogP) is 1.33. The molecule has 0 spiro atoms. The third kappa shape index (κ3) is 2.22. The molecule has 1 aliphatic rings. The van der Waals surface area contributed by atoms with E-state index < -0.39 is 0 Å².